The SMILES string of the molecule is CC(C)(COP(=O)(O)OP(=O)(O)OCC1OC(n2cnc3c(N)ncnc32)C(O)C1OP(=O)(O)O)C(O)C(=O)NCCC(=O)NCCSC(=O)CCCCC/C=C/CC/C=C/C/C=C/C(=O)O. The number of amides is 2. The third kappa shape index (κ3) is 21.2. The topological polar surface area (TPSA) is 401 Å². The van der Waals surface area contributed by atoms with Crippen molar-refractivity contribution >= 4 is 75.1 Å². The van der Waals surface area contributed by atoms with E-state index in [1.54, 1.807) is 6.08 Å². The molecular weight excluding hydrogens is 971 g/mol. The average Bonchev–Trinajstić information content (AvgIpc) is 3.80. The molecule has 0 bridgehead atoms. The number of unbranched alkanes of at least 4 members (excludes halogenated alkanes) is 4. The molecule has 3 rings (SSSR count). The highest BCUT2D eigenvalue weighted by molar-refractivity contribution is 8.13. The van der Waals surface area contributed by atoms with E-state index in [-0.39, 0.29) is 41.6 Å². The number of carboxylic acid groups (broad SMARTS) is 1. The number of phosphoric ester groups is 3. The number of rotatable bonds is 31. The van der Waals surface area contributed by atoms with E-state index in [0.717, 1.165) is 73.6 Å². The van der Waals surface area contributed by atoms with Gasteiger partial charge in [-0.2, -0.15) is 4.31 Å². The summed E-state index contributed by atoms with van der Waals surface area (Å²) in [6, 6.07) is 0. The summed E-state index contributed by atoms with van der Waals surface area (Å²) < 4.78 is 62.3. The van der Waals surface area contributed by atoms with Crippen LogP contribution in [0.5, 0.6) is 0 Å². The number of anilines is 1. The minimum Gasteiger partial charge on any atom is -0.478 e. The third-order valence-corrected chi connectivity index (χ3v) is 13.4. The zero-order chi connectivity index (χ0) is 49.8. The van der Waals surface area contributed by atoms with E-state index in [1.807, 2.05) is 12.2 Å². The van der Waals surface area contributed by atoms with Crippen molar-refractivity contribution in [3.05, 3.63) is 49.1 Å². The summed E-state index contributed by atoms with van der Waals surface area (Å²) in [4.78, 5) is 98.6. The van der Waals surface area contributed by atoms with Gasteiger partial charge in [0.05, 0.1) is 19.5 Å². The van der Waals surface area contributed by atoms with Crippen molar-refractivity contribution in [1.29, 1.82) is 0 Å². The quantitative estimate of drug-likeness (QED) is 0.0224. The molecule has 2 aromatic heterocycles. The predicted octanol–water partition coefficient (Wildman–Crippen LogP) is 2.54. The number of aliphatic hydroxyl groups is 2. The summed E-state index contributed by atoms with van der Waals surface area (Å²) in [6.45, 7) is 0.453. The molecule has 7 unspecified atom stereocenters. The van der Waals surface area contributed by atoms with Crippen LogP contribution < -0.4 is 16.4 Å². The molecule has 11 N–H and O–H groups in total. The molecular formula is C37H58N7O19P3S. The van der Waals surface area contributed by atoms with Crippen LogP contribution in [0, 0.1) is 5.41 Å². The lowest BCUT2D eigenvalue weighted by Crippen LogP contribution is -2.46. The molecule has 67 heavy (non-hydrogen) atoms. The molecule has 1 aliphatic heterocycles. The van der Waals surface area contributed by atoms with Crippen LogP contribution in [0.2, 0.25) is 0 Å². The molecule has 0 aromatic carbocycles. The first-order valence-corrected chi connectivity index (χ1v) is 26.2. The van der Waals surface area contributed by atoms with E-state index < -0.39 is 90.5 Å². The number of ether oxygens (including phenoxy) is 1. The fourth-order valence-corrected chi connectivity index (χ4v) is 9.51. The van der Waals surface area contributed by atoms with Gasteiger partial charge in [0.1, 0.15) is 36.3 Å². The number of nitrogens with two attached hydrogens (primary N) is 1. The number of nitrogens with one attached hydrogen (secondary N) is 2. The van der Waals surface area contributed by atoms with E-state index in [9.17, 15) is 62.7 Å². The van der Waals surface area contributed by atoms with Crippen molar-refractivity contribution in [1.82, 2.24) is 30.2 Å². The number of aliphatic carboxylic acids is 1. The van der Waals surface area contributed by atoms with Crippen LogP contribution in [-0.2, 0) is 55.5 Å². The second-order valence-electron chi connectivity index (χ2n) is 15.4. The standard InChI is InChI=1S/C37H58N7O19P3S/c1-37(2,32(50)35(51)40-18-17-26(45)39-19-20-67-28(48)16-14-12-10-8-6-4-3-5-7-9-11-13-15-27(46)47)22-60-66(57,58)63-65(55,56)59-21-25-31(62-64(52,53)54)30(49)36(61-25)44-24-43-29-33(38)41-23-42-34(29)44/h4,6-7,9,13,15,23-25,30-32,36,49-50H,3,5,8,10-12,14,16-22H2,1-2H3,(H,39,45)(H,40,51)(H,46,47)(H,55,56)(H,57,58)(H2,38,41,42)(H2,52,53,54)/b6-4+,9-7+,15-13+. The highest BCUT2D eigenvalue weighted by Crippen LogP contribution is 2.61. The van der Waals surface area contributed by atoms with Gasteiger partial charge < -0.3 is 56.0 Å². The van der Waals surface area contributed by atoms with Gasteiger partial charge in [0, 0.05) is 43.2 Å². The van der Waals surface area contributed by atoms with Gasteiger partial charge in [-0.1, -0.05) is 62.4 Å². The van der Waals surface area contributed by atoms with E-state index >= 15 is 0 Å². The number of hydrogen-bond donors (Lipinski definition) is 10. The first-order chi connectivity index (χ1) is 31.4. The van der Waals surface area contributed by atoms with E-state index in [2.05, 4.69) is 46.6 Å². The number of aliphatic hydroxyl groups excluding tert-OH is 2. The summed E-state index contributed by atoms with van der Waals surface area (Å²) in [7, 11) is -16.4. The van der Waals surface area contributed by atoms with Crippen LogP contribution in [0.15, 0.2) is 49.1 Å². The second kappa shape index (κ2) is 27.4. The van der Waals surface area contributed by atoms with Crippen molar-refractivity contribution in [3.63, 3.8) is 0 Å². The van der Waals surface area contributed by atoms with Gasteiger partial charge in [-0.25, -0.2) is 33.4 Å². The molecule has 0 spiro atoms. The molecule has 26 nitrogen and oxygen atoms in total. The molecule has 3 heterocycles. The molecule has 2 aromatic rings. The van der Waals surface area contributed by atoms with Gasteiger partial charge in [-0.15, -0.1) is 0 Å². The molecule has 1 saturated heterocycles. The minimum absolute atomic E-state index is 0.00621. The van der Waals surface area contributed by atoms with Crippen LogP contribution in [0.25, 0.3) is 11.2 Å². The molecule has 0 radical (unpaired) electrons. The Morgan fingerprint density at radius 1 is 0.925 bits per heavy atom. The monoisotopic (exact) mass is 1030 g/mol. The van der Waals surface area contributed by atoms with Crippen LogP contribution in [0.3, 0.4) is 0 Å². The summed E-state index contributed by atoms with van der Waals surface area (Å²) in [6.07, 6.45) is 10.1. The Bertz CT molecular complexity index is 2210. The fraction of sp³-hybridized carbons (Fsp3) is 0.595. The second-order valence-corrected chi connectivity index (χ2v) is 20.8. The van der Waals surface area contributed by atoms with Crippen LogP contribution in [0.1, 0.15) is 77.9 Å². The van der Waals surface area contributed by atoms with Crippen LogP contribution >= 0.6 is 35.2 Å². The highest BCUT2D eigenvalue weighted by atomic mass is 32.2. The number of imidazole rings is 1. The number of carbonyl (C=O) groups is 4. The van der Waals surface area contributed by atoms with E-state index in [0.29, 0.717) is 18.6 Å². The Labute approximate surface area is 389 Å². The third-order valence-electron chi connectivity index (χ3n) is 9.38. The van der Waals surface area contributed by atoms with Gasteiger partial charge in [0.25, 0.3) is 0 Å². The predicted molar refractivity (Wildman–Crippen MR) is 239 cm³/mol. The number of carbonyl (C=O) groups excluding carboxylic acids is 3. The Hall–Kier alpha value is -3.75. The van der Waals surface area contributed by atoms with E-state index in [1.165, 1.54) is 13.8 Å². The normalized spacial score (nSPS) is 20.4. The van der Waals surface area contributed by atoms with Gasteiger partial charge in [0.2, 0.25) is 11.8 Å². The van der Waals surface area contributed by atoms with Crippen LogP contribution in [-0.4, -0.2) is 134 Å². The lowest BCUT2D eigenvalue weighted by molar-refractivity contribution is -0.137. The molecule has 0 aliphatic carbocycles. The summed E-state index contributed by atoms with van der Waals surface area (Å²) in [5.74, 6) is -2.09. The zero-order valence-corrected chi connectivity index (χ0v) is 40.1. The number of nitrogen functional groups attached to an aromatic ring is 1. The fourth-order valence-electron chi connectivity index (χ4n) is 5.97. The number of nitrogens with zero attached hydrogens (tertiary/aromatic N) is 4. The Morgan fingerprint density at radius 2 is 1.61 bits per heavy atom. The number of hydrogen-bond acceptors (Lipinski definition) is 19. The molecule has 0 saturated carbocycles. The lowest BCUT2D eigenvalue weighted by Gasteiger charge is -2.30. The van der Waals surface area contributed by atoms with Gasteiger partial charge in [-0.3, -0.25) is 32.5 Å². The number of fused-ring (bicyclic) bond motifs is 1. The highest BCUT2D eigenvalue weighted by Gasteiger charge is 2.50. The maximum Gasteiger partial charge on any atom is 0.481 e. The largest absolute Gasteiger partial charge is 0.481 e. The number of allylic oxidation sites excluding steroid dienone is 5. The summed E-state index contributed by atoms with van der Waals surface area (Å²) >= 11 is 1.10. The first-order valence-electron chi connectivity index (χ1n) is 20.7. The number of carboxylic acids is 1. The Morgan fingerprint density at radius 3 is 2.31 bits per heavy atom. The van der Waals surface area contributed by atoms with Crippen molar-refractivity contribution in [2.45, 2.75) is 102 Å². The average molecular weight is 1030 g/mol. The van der Waals surface area contributed by atoms with Gasteiger partial charge in [-0.05, 0) is 38.5 Å². The molecule has 2 amide bonds. The number of phosphoric acid groups is 3. The first kappa shape index (κ1) is 57.6. The number of aromatic nitrogens is 4. The minimum atomic E-state index is -5.59. The number of thioether (sulfide) groups is 1. The van der Waals surface area contributed by atoms with Crippen LogP contribution in [0.4, 0.5) is 5.82 Å². The smallest absolute Gasteiger partial charge is 0.478 e. The van der Waals surface area contributed by atoms with Crippen molar-refractivity contribution in [2.24, 2.45) is 5.41 Å². The van der Waals surface area contributed by atoms with Crippen molar-refractivity contribution in [2.75, 3.05) is 37.8 Å². The molecule has 7 atom stereocenters. The maximum atomic E-state index is 12.7. The van der Waals surface area contributed by atoms with Gasteiger partial charge in [0.15, 0.2) is 22.8 Å². The lowest BCUT2D eigenvalue weighted by atomic mass is 9.87. The van der Waals surface area contributed by atoms with E-state index in [4.69, 9.17) is 24.6 Å². The molecule has 30 heteroatoms. The summed E-state index contributed by atoms with van der Waals surface area (Å²) in [5, 5.41) is 35.1. The molecule has 376 valence electrons. The maximum absolute atomic E-state index is 12.7. The van der Waals surface area contributed by atoms with Crippen molar-refractivity contribution < 1.29 is 90.4 Å². The Balaban J connectivity index is 1.32. The molecule has 1 aliphatic rings. The summed E-state index contributed by atoms with van der Waals surface area (Å²) in [5.41, 5.74) is 4.25. The molecule has 1 fully saturated rings. The van der Waals surface area contributed by atoms with Crippen molar-refractivity contribution in [3.8, 4) is 0 Å². The van der Waals surface area contributed by atoms with Gasteiger partial charge >= 0.3 is 29.4 Å². The Kier molecular flexibility index (Phi) is 23.6. The zero-order valence-electron chi connectivity index (χ0n) is 36.6.